The number of likely N-dealkylation sites (tertiary alicyclic amines) is 1. The van der Waals surface area contributed by atoms with Gasteiger partial charge in [0.2, 0.25) is 11.8 Å². The lowest BCUT2D eigenvalue weighted by atomic mass is 9.94. The maximum absolute atomic E-state index is 13.3. The van der Waals surface area contributed by atoms with E-state index in [9.17, 15) is 14.0 Å². The zero-order valence-electron chi connectivity index (χ0n) is 17.2. The molecule has 1 saturated heterocycles. The van der Waals surface area contributed by atoms with E-state index in [1.165, 1.54) is 23.9 Å². The summed E-state index contributed by atoms with van der Waals surface area (Å²) < 4.78 is 13.3. The summed E-state index contributed by atoms with van der Waals surface area (Å²) >= 11 is 1.69. The van der Waals surface area contributed by atoms with Crippen molar-refractivity contribution < 1.29 is 14.0 Å². The van der Waals surface area contributed by atoms with Gasteiger partial charge in [-0.25, -0.2) is 4.39 Å². The van der Waals surface area contributed by atoms with Gasteiger partial charge in [-0.05, 0) is 42.0 Å². The Labute approximate surface area is 180 Å². The highest BCUT2D eigenvalue weighted by Crippen LogP contribution is 2.26. The quantitative estimate of drug-likeness (QED) is 0.671. The van der Waals surface area contributed by atoms with Gasteiger partial charge in [0.15, 0.2) is 0 Å². The topological polar surface area (TPSA) is 78.7 Å². The van der Waals surface area contributed by atoms with Gasteiger partial charge in [0, 0.05) is 50.6 Å². The predicted molar refractivity (Wildman–Crippen MR) is 116 cm³/mol. The molecular weight excluding hydrogens is 403 g/mol. The molecule has 2 aromatic rings. The van der Waals surface area contributed by atoms with Gasteiger partial charge >= 0.3 is 0 Å². The minimum absolute atomic E-state index is 0.0929. The molecule has 3 N–H and O–H groups in total. The van der Waals surface area contributed by atoms with E-state index < -0.39 is 6.04 Å². The van der Waals surface area contributed by atoms with Crippen LogP contribution in [0.1, 0.15) is 30.2 Å². The number of nitrogens with zero attached hydrogens (tertiary/aromatic N) is 2. The Kier molecular flexibility index (Phi) is 7.95. The van der Waals surface area contributed by atoms with Crippen LogP contribution in [0.3, 0.4) is 0 Å². The first-order valence-electron chi connectivity index (χ1n) is 10.2. The molecule has 1 aliphatic heterocycles. The average molecular weight is 433 g/mol. The van der Waals surface area contributed by atoms with E-state index in [0.29, 0.717) is 32.6 Å². The summed E-state index contributed by atoms with van der Waals surface area (Å²) in [6.07, 6.45) is 1.34. The smallest absolute Gasteiger partial charge is 0.242 e. The third kappa shape index (κ3) is 5.87. The second-order valence-corrected chi connectivity index (χ2v) is 8.63. The fraction of sp³-hybridized carbons (Fsp3) is 0.455. The number of rotatable bonds is 8. The molecule has 0 bridgehead atoms. The molecular formula is C22H29FN4O2S. The number of thiophene rings is 1. The van der Waals surface area contributed by atoms with Crippen molar-refractivity contribution in [2.24, 2.45) is 5.73 Å². The third-order valence-corrected chi connectivity index (χ3v) is 6.34. The van der Waals surface area contributed by atoms with E-state index in [4.69, 9.17) is 5.73 Å². The lowest BCUT2D eigenvalue weighted by Gasteiger charge is -2.42. The summed E-state index contributed by atoms with van der Waals surface area (Å²) in [5, 5.41) is 4.88. The van der Waals surface area contributed by atoms with Crippen LogP contribution in [0.25, 0.3) is 0 Å². The average Bonchev–Trinajstić information content (AvgIpc) is 3.25. The first-order valence-corrected chi connectivity index (χ1v) is 11.1. The number of nitrogens with two attached hydrogens (primary N) is 1. The Morgan fingerprint density at radius 1 is 1.27 bits per heavy atom. The van der Waals surface area contributed by atoms with Crippen LogP contribution in [0.2, 0.25) is 0 Å². The summed E-state index contributed by atoms with van der Waals surface area (Å²) in [6.45, 7) is 4.19. The Balaban J connectivity index is 1.79. The second kappa shape index (κ2) is 10.7. The molecule has 0 saturated carbocycles. The van der Waals surface area contributed by atoms with Gasteiger partial charge < -0.3 is 16.0 Å². The van der Waals surface area contributed by atoms with Crippen LogP contribution >= 0.6 is 11.3 Å². The van der Waals surface area contributed by atoms with Gasteiger partial charge in [-0.2, -0.15) is 0 Å². The SMILES string of the molecule is CC(=O)N1CCC(N(Cc2ccc(F)cc2)Cc2cccs2)C[C@@H]1C(=O)NCCN. The van der Waals surface area contributed by atoms with E-state index in [2.05, 4.69) is 16.3 Å². The van der Waals surface area contributed by atoms with Crippen molar-refractivity contribution in [1.82, 2.24) is 15.1 Å². The Hall–Kier alpha value is -2.29. The molecule has 0 aliphatic carbocycles. The van der Waals surface area contributed by atoms with Crippen LogP contribution in [-0.4, -0.2) is 53.3 Å². The highest BCUT2D eigenvalue weighted by Gasteiger charge is 2.37. The van der Waals surface area contributed by atoms with E-state index in [0.717, 1.165) is 18.5 Å². The fourth-order valence-corrected chi connectivity index (χ4v) is 4.69. The molecule has 2 amide bonds. The van der Waals surface area contributed by atoms with Crippen LogP contribution in [0.15, 0.2) is 41.8 Å². The molecule has 0 radical (unpaired) electrons. The second-order valence-electron chi connectivity index (χ2n) is 7.60. The van der Waals surface area contributed by atoms with E-state index in [1.54, 1.807) is 28.4 Å². The molecule has 0 spiro atoms. The molecule has 8 heteroatoms. The lowest BCUT2D eigenvalue weighted by molar-refractivity contribution is -0.142. The Bertz CT molecular complexity index is 828. The molecule has 162 valence electrons. The number of hydrogen-bond donors (Lipinski definition) is 2. The van der Waals surface area contributed by atoms with E-state index in [1.807, 2.05) is 11.4 Å². The normalized spacial score (nSPS) is 19.1. The molecule has 30 heavy (non-hydrogen) atoms. The van der Waals surface area contributed by atoms with Crippen LogP contribution in [0.5, 0.6) is 0 Å². The Morgan fingerprint density at radius 3 is 2.67 bits per heavy atom. The lowest BCUT2D eigenvalue weighted by Crippen LogP contribution is -2.57. The Morgan fingerprint density at radius 2 is 2.03 bits per heavy atom. The monoisotopic (exact) mass is 432 g/mol. The zero-order chi connectivity index (χ0) is 21.5. The van der Waals surface area contributed by atoms with Crippen LogP contribution < -0.4 is 11.1 Å². The molecule has 6 nitrogen and oxygen atoms in total. The van der Waals surface area contributed by atoms with Crippen molar-refractivity contribution in [2.45, 2.75) is 44.9 Å². The number of hydrogen-bond acceptors (Lipinski definition) is 5. The fourth-order valence-electron chi connectivity index (χ4n) is 3.96. The first-order chi connectivity index (χ1) is 14.5. The summed E-state index contributed by atoms with van der Waals surface area (Å²) in [4.78, 5) is 30.1. The molecule has 1 fully saturated rings. The number of halogens is 1. The van der Waals surface area contributed by atoms with Crippen LogP contribution in [0, 0.1) is 5.82 Å². The van der Waals surface area contributed by atoms with E-state index >= 15 is 0 Å². The number of nitrogens with one attached hydrogen (secondary N) is 1. The molecule has 3 rings (SSSR count). The summed E-state index contributed by atoms with van der Waals surface area (Å²) in [7, 11) is 0. The number of carbonyl (C=O) groups excluding carboxylic acids is 2. The van der Waals surface area contributed by atoms with Crippen molar-refractivity contribution in [3.63, 3.8) is 0 Å². The van der Waals surface area contributed by atoms with Gasteiger partial charge in [0.1, 0.15) is 11.9 Å². The van der Waals surface area contributed by atoms with Crippen molar-refractivity contribution in [3.8, 4) is 0 Å². The standard InChI is InChI=1S/C22H29FN4O2S/c1-16(28)27-11-8-19(13-21(27)22(29)25-10-9-24)26(15-20-3-2-12-30-20)14-17-4-6-18(23)7-5-17/h2-7,12,19,21H,8-11,13-15,24H2,1H3,(H,25,29)/t19?,21-/m1/s1. The van der Waals surface area contributed by atoms with Gasteiger partial charge in [0.25, 0.3) is 0 Å². The van der Waals surface area contributed by atoms with Crippen molar-refractivity contribution >= 4 is 23.2 Å². The maximum atomic E-state index is 13.3. The van der Waals surface area contributed by atoms with Crippen LogP contribution in [-0.2, 0) is 22.7 Å². The predicted octanol–water partition coefficient (Wildman–Crippen LogP) is 2.34. The van der Waals surface area contributed by atoms with Gasteiger partial charge in [-0.3, -0.25) is 14.5 Å². The summed E-state index contributed by atoms with van der Waals surface area (Å²) in [6, 6.07) is 10.3. The summed E-state index contributed by atoms with van der Waals surface area (Å²) in [5.41, 5.74) is 6.54. The zero-order valence-corrected chi connectivity index (χ0v) is 18.0. The third-order valence-electron chi connectivity index (χ3n) is 5.48. The van der Waals surface area contributed by atoms with Crippen molar-refractivity contribution in [2.75, 3.05) is 19.6 Å². The van der Waals surface area contributed by atoms with Gasteiger partial charge in [-0.1, -0.05) is 18.2 Å². The largest absolute Gasteiger partial charge is 0.353 e. The summed E-state index contributed by atoms with van der Waals surface area (Å²) in [5.74, 6) is -0.502. The number of carbonyl (C=O) groups is 2. The minimum Gasteiger partial charge on any atom is -0.353 e. The number of piperidine rings is 1. The van der Waals surface area contributed by atoms with E-state index in [-0.39, 0.29) is 23.7 Å². The van der Waals surface area contributed by atoms with Crippen molar-refractivity contribution in [1.29, 1.82) is 0 Å². The minimum atomic E-state index is -0.508. The van der Waals surface area contributed by atoms with Crippen LogP contribution in [0.4, 0.5) is 4.39 Å². The molecule has 1 unspecified atom stereocenters. The molecule has 2 heterocycles. The maximum Gasteiger partial charge on any atom is 0.242 e. The van der Waals surface area contributed by atoms with Gasteiger partial charge in [0.05, 0.1) is 0 Å². The first kappa shape index (κ1) is 22.4. The molecule has 1 aromatic heterocycles. The number of amides is 2. The number of benzene rings is 1. The molecule has 1 aliphatic rings. The molecule has 1 aromatic carbocycles. The highest BCUT2D eigenvalue weighted by atomic mass is 32.1. The van der Waals surface area contributed by atoms with Gasteiger partial charge in [-0.15, -0.1) is 11.3 Å². The highest BCUT2D eigenvalue weighted by molar-refractivity contribution is 7.09. The van der Waals surface area contributed by atoms with Crippen molar-refractivity contribution in [3.05, 3.63) is 58.0 Å². The molecule has 2 atom stereocenters.